The number of hydrogen-bond acceptors (Lipinski definition) is 4. The highest BCUT2D eigenvalue weighted by molar-refractivity contribution is 9.09. The number of aryl methyl sites for hydroxylation is 1. The van der Waals surface area contributed by atoms with E-state index < -0.39 is 0 Å². The van der Waals surface area contributed by atoms with Crippen LogP contribution < -0.4 is 5.32 Å². The lowest BCUT2D eigenvalue weighted by atomic mass is 10.2. The second-order valence-electron chi connectivity index (χ2n) is 3.39. The summed E-state index contributed by atoms with van der Waals surface area (Å²) in [7, 11) is 0. The average Bonchev–Trinajstić information content (AvgIpc) is 2.61. The SMILES string of the molecule is Cc1nnsc1C(=O)NC(C)CCCBr. The van der Waals surface area contributed by atoms with Crippen LogP contribution in [0.4, 0.5) is 0 Å². The summed E-state index contributed by atoms with van der Waals surface area (Å²) >= 11 is 4.50. The van der Waals surface area contributed by atoms with E-state index in [1.807, 2.05) is 6.92 Å². The van der Waals surface area contributed by atoms with E-state index in [-0.39, 0.29) is 11.9 Å². The molecule has 1 rings (SSSR count). The minimum atomic E-state index is -0.0652. The topological polar surface area (TPSA) is 54.9 Å². The Hall–Kier alpha value is -0.490. The zero-order valence-corrected chi connectivity index (χ0v) is 11.2. The van der Waals surface area contributed by atoms with Gasteiger partial charge in [-0.2, -0.15) is 0 Å². The summed E-state index contributed by atoms with van der Waals surface area (Å²) in [5.74, 6) is -0.0652. The molecule has 0 radical (unpaired) electrons. The van der Waals surface area contributed by atoms with Gasteiger partial charge in [0, 0.05) is 11.4 Å². The number of alkyl halides is 1. The van der Waals surface area contributed by atoms with E-state index >= 15 is 0 Å². The van der Waals surface area contributed by atoms with Crippen molar-refractivity contribution in [2.75, 3.05) is 5.33 Å². The number of nitrogens with one attached hydrogen (secondary N) is 1. The maximum Gasteiger partial charge on any atom is 0.265 e. The fourth-order valence-corrected chi connectivity index (χ4v) is 2.07. The predicted octanol–water partition coefficient (Wildman–Crippen LogP) is 2.14. The van der Waals surface area contributed by atoms with Gasteiger partial charge in [0.05, 0.1) is 5.69 Å². The molecule has 4 nitrogen and oxygen atoms in total. The first-order valence-electron chi connectivity index (χ1n) is 4.81. The first kappa shape index (κ1) is 12.6. The molecule has 1 aromatic rings. The molecule has 15 heavy (non-hydrogen) atoms. The molecule has 0 spiro atoms. The van der Waals surface area contributed by atoms with Crippen LogP contribution in [0.5, 0.6) is 0 Å². The van der Waals surface area contributed by atoms with Gasteiger partial charge in [-0.05, 0) is 38.2 Å². The van der Waals surface area contributed by atoms with Crippen molar-refractivity contribution in [1.82, 2.24) is 14.9 Å². The highest BCUT2D eigenvalue weighted by Gasteiger charge is 2.14. The smallest absolute Gasteiger partial charge is 0.265 e. The van der Waals surface area contributed by atoms with E-state index in [4.69, 9.17) is 0 Å². The lowest BCUT2D eigenvalue weighted by Gasteiger charge is -2.11. The summed E-state index contributed by atoms with van der Waals surface area (Å²) in [5, 5.41) is 7.70. The van der Waals surface area contributed by atoms with Crippen LogP contribution in [0.25, 0.3) is 0 Å². The summed E-state index contributed by atoms with van der Waals surface area (Å²) in [6.07, 6.45) is 2.03. The molecule has 0 saturated heterocycles. The van der Waals surface area contributed by atoms with Crippen LogP contribution in [0.2, 0.25) is 0 Å². The van der Waals surface area contributed by atoms with Crippen molar-refractivity contribution in [1.29, 1.82) is 0 Å². The van der Waals surface area contributed by atoms with Gasteiger partial charge >= 0.3 is 0 Å². The minimum absolute atomic E-state index is 0.0652. The Morgan fingerprint density at radius 2 is 2.40 bits per heavy atom. The molecule has 1 aromatic heterocycles. The van der Waals surface area contributed by atoms with Gasteiger partial charge < -0.3 is 5.32 Å². The number of carbonyl (C=O) groups is 1. The fraction of sp³-hybridized carbons (Fsp3) is 0.667. The molecule has 1 atom stereocenters. The van der Waals surface area contributed by atoms with Crippen LogP contribution in [-0.4, -0.2) is 26.9 Å². The maximum atomic E-state index is 11.7. The quantitative estimate of drug-likeness (QED) is 0.846. The third-order valence-electron chi connectivity index (χ3n) is 2.01. The number of nitrogens with zero attached hydrogens (tertiary/aromatic N) is 2. The molecular formula is C9H14BrN3OS. The monoisotopic (exact) mass is 291 g/mol. The van der Waals surface area contributed by atoms with Crippen LogP contribution in [0, 0.1) is 6.92 Å². The zero-order valence-electron chi connectivity index (χ0n) is 8.79. The van der Waals surface area contributed by atoms with E-state index in [0.717, 1.165) is 29.7 Å². The molecule has 0 bridgehead atoms. The van der Waals surface area contributed by atoms with Crippen LogP contribution >= 0.6 is 27.5 Å². The second kappa shape index (κ2) is 6.17. The summed E-state index contributed by atoms with van der Waals surface area (Å²) in [5.41, 5.74) is 0.699. The van der Waals surface area contributed by atoms with Crippen molar-refractivity contribution >= 4 is 33.4 Å². The minimum Gasteiger partial charge on any atom is -0.349 e. The largest absolute Gasteiger partial charge is 0.349 e. The number of hydrogen-bond donors (Lipinski definition) is 1. The third kappa shape index (κ3) is 3.87. The van der Waals surface area contributed by atoms with Gasteiger partial charge in [-0.3, -0.25) is 4.79 Å². The van der Waals surface area contributed by atoms with Crippen molar-refractivity contribution in [3.8, 4) is 0 Å². The molecule has 0 saturated carbocycles. The Morgan fingerprint density at radius 1 is 1.67 bits per heavy atom. The van der Waals surface area contributed by atoms with Gasteiger partial charge in [0.15, 0.2) is 0 Å². The summed E-state index contributed by atoms with van der Waals surface area (Å²) in [6, 6.07) is 0.191. The number of aromatic nitrogens is 2. The van der Waals surface area contributed by atoms with Crippen LogP contribution in [0.15, 0.2) is 0 Å². The standard InChI is InChI=1S/C9H14BrN3OS/c1-6(4-3-5-10)11-9(14)8-7(2)12-13-15-8/h6H,3-5H2,1-2H3,(H,11,14). The van der Waals surface area contributed by atoms with Crippen molar-refractivity contribution in [3.63, 3.8) is 0 Å². The maximum absolute atomic E-state index is 11.7. The number of carbonyl (C=O) groups excluding carboxylic acids is 1. The van der Waals surface area contributed by atoms with Crippen molar-refractivity contribution in [2.45, 2.75) is 32.7 Å². The van der Waals surface area contributed by atoms with E-state index in [1.54, 1.807) is 6.92 Å². The summed E-state index contributed by atoms with van der Waals surface area (Å²) < 4.78 is 3.74. The third-order valence-corrected chi connectivity index (χ3v) is 3.39. The van der Waals surface area contributed by atoms with E-state index in [9.17, 15) is 4.79 Å². The first-order chi connectivity index (χ1) is 7.15. The molecule has 0 aliphatic carbocycles. The molecule has 1 N–H and O–H groups in total. The van der Waals surface area contributed by atoms with Crippen molar-refractivity contribution < 1.29 is 4.79 Å². The number of halogens is 1. The van der Waals surface area contributed by atoms with E-state index in [2.05, 4.69) is 30.8 Å². The average molecular weight is 292 g/mol. The molecule has 0 aliphatic rings. The highest BCUT2D eigenvalue weighted by Crippen LogP contribution is 2.09. The van der Waals surface area contributed by atoms with Crippen LogP contribution in [-0.2, 0) is 0 Å². The predicted molar refractivity (Wildman–Crippen MR) is 64.6 cm³/mol. The van der Waals surface area contributed by atoms with Crippen LogP contribution in [0.1, 0.15) is 35.1 Å². The van der Waals surface area contributed by atoms with E-state index in [1.165, 1.54) is 0 Å². The molecule has 84 valence electrons. The van der Waals surface area contributed by atoms with Gasteiger partial charge in [-0.15, -0.1) is 5.10 Å². The summed E-state index contributed by atoms with van der Waals surface area (Å²) in [6.45, 7) is 3.80. The lowest BCUT2D eigenvalue weighted by Crippen LogP contribution is -2.32. The fourth-order valence-electron chi connectivity index (χ4n) is 1.18. The molecule has 0 fully saturated rings. The molecule has 1 heterocycles. The Balaban J connectivity index is 2.46. The first-order valence-corrected chi connectivity index (χ1v) is 6.70. The van der Waals surface area contributed by atoms with Crippen molar-refractivity contribution in [3.05, 3.63) is 10.6 Å². The second-order valence-corrected chi connectivity index (χ2v) is 4.94. The van der Waals surface area contributed by atoms with Gasteiger partial charge in [0.2, 0.25) is 0 Å². The van der Waals surface area contributed by atoms with Gasteiger partial charge in [0.25, 0.3) is 5.91 Å². The molecular weight excluding hydrogens is 278 g/mol. The Kier molecular flexibility index (Phi) is 5.17. The molecule has 0 aromatic carbocycles. The van der Waals surface area contributed by atoms with Crippen LogP contribution in [0.3, 0.4) is 0 Å². The summed E-state index contributed by atoms with van der Waals surface area (Å²) in [4.78, 5) is 12.3. The normalized spacial score (nSPS) is 12.5. The van der Waals surface area contributed by atoms with Gasteiger partial charge in [-0.25, -0.2) is 0 Å². The van der Waals surface area contributed by atoms with Crippen molar-refractivity contribution in [2.24, 2.45) is 0 Å². The number of rotatable bonds is 5. The molecule has 1 amide bonds. The lowest BCUT2D eigenvalue weighted by molar-refractivity contribution is 0.0941. The Labute approximate surface area is 102 Å². The Morgan fingerprint density at radius 3 is 2.93 bits per heavy atom. The molecule has 1 unspecified atom stereocenters. The molecule has 0 aliphatic heterocycles. The number of amides is 1. The molecule has 6 heteroatoms. The highest BCUT2D eigenvalue weighted by atomic mass is 79.9. The zero-order chi connectivity index (χ0) is 11.3. The van der Waals surface area contributed by atoms with Gasteiger partial charge in [-0.1, -0.05) is 20.4 Å². The van der Waals surface area contributed by atoms with E-state index in [0.29, 0.717) is 10.6 Å². The van der Waals surface area contributed by atoms with Gasteiger partial charge in [0.1, 0.15) is 4.88 Å². The Bertz CT molecular complexity index is 329.